The van der Waals surface area contributed by atoms with Crippen molar-refractivity contribution in [3.63, 3.8) is 0 Å². The summed E-state index contributed by atoms with van der Waals surface area (Å²) in [6.07, 6.45) is 0. The Morgan fingerprint density at radius 3 is 2.54 bits per heavy atom. The molecule has 1 aromatic carbocycles. The molecule has 1 N–H and O–H groups in total. The molecule has 2 atom stereocenters. The number of carbonyl (C=O) groups excluding carboxylic acids is 1. The molecule has 0 aromatic heterocycles. The molecule has 13 heavy (non-hydrogen) atoms. The van der Waals surface area contributed by atoms with Crippen LogP contribution in [0.4, 0.5) is 5.69 Å². The quantitative estimate of drug-likeness (QED) is 0.729. The first-order valence-electron chi connectivity index (χ1n) is 4.29. The van der Waals surface area contributed by atoms with Gasteiger partial charge >= 0.3 is 0 Å². The van der Waals surface area contributed by atoms with Crippen molar-refractivity contribution >= 4 is 23.4 Å². The van der Waals surface area contributed by atoms with Crippen molar-refractivity contribution in [2.24, 2.45) is 0 Å². The highest BCUT2D eigenvalue weighted by Crippen LogP contribution is 2.41. The van der Waals surface area contributed by atoms with Crippen molar-refractivity contribution in [3.8, 4) is 0 Å². The van der Waals surface area contributed by atoms with Crippen LogP contribution in [0.2, 0.25) is 0 Å². The summed E-state index contributed by atoms with van der Waals surface area (Å²) in [5.74, 6) is 0.128. The van der Waals surface area contributed by atoms with Crippen LogP contribution in [0.3, 0.4) is 0 Å². The van der Waals surface area contributed by atoms with Crippen molar-refractivity contribution < 1.29 is 4.79 Å². The zero-order valence-corrected chi connectivity index (χ0v) is 8.17. The number of thioether (sulfide) groups is 1. The Labute approximate surface area is 81.7 Å². The number of hydrogen-bond acceptors (Lipinski definition) is 2. The minimum atomic E-state index is 0.128. The van der Waals surface area contributed by atoms with E-state index in [0.29, 0.717) is 5.25 Å². The lowest BCUT2D eigenvalue weighted by Gasteiger charge is -2.01. The number of rotatable bonds is 2. The fourth-order valence-corrected chi connectivity index (χ4v) is 1.87. The van der Waals surface area contributed by atoms with Crippen LogP contribution < -0.4 is 5.32 Å². The number of carbonyl (C=O) groups is 1. The van der Waals surface area contributed by atoms with Gasteiger partial charge in [-0.1, -0.05) is 25.1 Å². The Morgan fingerprint density at radius 2 is 2.00 bits per heavy atom. The maximum Gasteiger partial charge on any atom is 0.238 e. The Bertz CT molecular complexity index is 312. The van der Waals surface area contributed by atoms with Crippen LogP contribution in [-0.2, 0) is 4.79 Å². The highest BCUT2D eigenvalue weighted by atomic mass is 32.2. The number of nitrogens with one attached hydrogen (secondary N) is 1. The molecule has 1 heterocycles. The van der Waals surface area contributed by atoms with Crippen LogP contribution in [0.15, 0.2) is 30.3 Å². The predicted molar refractivity (Wildman–Crippen MR) is 55.9 cm³/mol. The van der Waals surface area contributed by atoms with Gasteiger partial charge in [-0.05, 0) is 12.1 Å². The van der Waals surface area contributed by atoms with Crippen molar-refractivity contribution in [1.29, 1.82) is 0 Å². The van der Waals surface area contributed by atoms with E-state index >= 15 is 0 Å². The molecule has 2 nitrogen and oxygen atoms in total. The summed E-state index contributed by atoms with van der Waals surface area (Å²) < 4.78 is 0. The summed E-state index contributed by atoms with van der Waals surface area (Å²) in [4.78, 5) is 11.5. The van der Waals surface area contributed by atoms with Crippen LogP contribution in [-0.4, -0.2) is 16.4 Å². The highest BCUT2D eigenvalue weighted by molar-refractivity contribution is 8.08. The summed E-state index contributed by atoms with van der Waals surface area (Å²) in [6.45, 7) is 2.07. The normalized spacial score (nSPS) is 25.3. The highest BCUT2D eigenvalue weighted by Gasteiger charge is 2.40. The van der Waals surface area contributed by atoms with E-state index in [2.05, 4.69) is 12.2 Å². The zero-order valence-electron chi connectivity index (χ0n) is 7.36. The van der Waals surface area contributed by atoms with E-state index in [0.717, 1.165) is 5.69 Å². The maximum absolute atomic E-state index is 11.5. The number of hydrogen-bond donors (Lipinski definition) is 1. The summed E-state index contributed by atoms with van der Waals surface area (Å²) in [5, 5.41) is 3.53. The third-order valence-electron chi connectivity index (χ3n) is 2.01. The topological polar surface area (TPSA) is 29.1 Å². The standard InChI is InChI=1S/C10H11NOS/c1-7-9(13-7)10(12)11-8-5-3-2-4-6-8/h2-7,9H,1H3,(H,11,12)/t7-,9-/m1/s1. The molecule has 1 aliphatic rings. The van der Waals surface area contributed by atoms with Gasteiger partial charge in [-0.15, -0.1) is 11.8 Å². The predicted octanol–water partition coefficient (Wildman–Crippen LogP) is 2.13. The Kier molecular flexibility index (Phi) is 2.27. The summed E-state index contributed by atoms with van der Waals surface area (Å²) in [5.41, 5.74) is 0.882. The molecule has 0 spiro atoms. The molecule has 0 aliphatic carbocycles. The van der Waals surface area contributed by atoms with Gasteiger partial charge in [0.2, 0.25) is 5.91 Å². The van der Waals surface area contributed by atoms with Gasteiger partial charge in [-0.2, -0.15) is 0 Å². The van der Waals surface area contributed by atoms with E-state index in [-0.39, 0.29) is 11.2 Å². The Morgan fingerprint density at radius 1 is 1.38 bits per heavy atom. The largest absolute Gasteiger partial charge is 0.325 e. The van der Waals surface area contributed by atoms with Crippen molar-refractivity contribution in [2.75, 3.05) is 5.32 Å². The molecule has 1 amide bonds. The third-order valence-corrected chi connectivity index (χ3v) is 3.31. The van der Waals surface area contributed by atoms with E-state index < -0.39 is 0 Å². The van der Waals surface area contributed by atoms with Crippen molar-refractivity contribution in [2.45, 2.75) is 17.4 Å². The summed E-state index contributed by atoms with van der Waals surface area (Å²) >= 11 is 1.71. The molecule has 1 aromatic rings. The summed E-state index contributed by atoms with van der Waals surface area (Å²) in [7, 11) is 0. The number of amides is 1. The lowest BCUT2D eigenvalue weighted by Crippen LogP contribution is -2.18. The fraction of sp³-hybridized carbons (Fsp3) is 0.300. The minimum absolute atomic E-state index is 0.128. The Hall–Kier alpha value is -0.960. The first kappa shape index (κ1) is 8.63. The second-order valence-corrected chi connectivity index (χ2v) is 4.64. The van der Waals surface area contributed by atoms with Crippen molar-refractivity contribution in [1.82, 2.24) is 0 Å². The average molecular weight is 193 g/mol. The fourth-order valence-electron chi connectivity index (χ4n) is 1.20. The minimum Gasteiger partial charge on any atom is -0.325 e. The maximum atomic E-state index is 11.5. The number of anilines is 1. The second kappa shape index (κ2) is 3.42. The molecule has 68 valence electrons. The van der Waals surface area contributed by atoms with Gasteiger partial charge in [0.25, 0.3) is 0 Å². The van der Waals surface area contributed by atoms with Crippen molar-refractivity contribution in [3.05, 3.63) is 30.3 Å². The van der Waals surface area contributed by atoms with E-state index in [4.69, 9.17) is 0 Å². The molecule has 1 fully saturated rings. The molecule has 0 unspecified atom stereocenters. The lowest BCUT2D eigenvalue weighted by molar-refractivity contribution is -0.115. The van der Waals surface area contributed by atoms with Crippen LogP contribution in [0.5, 0.6) is 0 Å². The molecule has 3 heteroatoms. The molecule has 1 aliphatic heterocycles. The van der Waals surface area contributed by atoms with Gasteiger partial charge < -0.3 is 5.32 Å². The first-order valence-corrected chi connectivity index (χ1v) is 5.23. The summed E-state index contributed by atoms with van der Waals surface area (Å²) in [6, 6.07) is 9.56. The van der Waals surface area contributed by atoms with Gasteiger partial charge in [0.1, 0.15) is 0 Å². The number of para-hydroxylation sites is 1. The van der Waals surface area contributed by atoms with Gasteiger partial charge in [0.05, 0.1) is 5.25 Å². The molecule has 0 saturated carbocycles. The Balaban J connectivity index is 1.95. The van der Waals surface area contributed by atoms with Gasteiger partial charge in [0, 0.05) is 10.9 Å². The molecule has 0 radical (unpaired) electrons. The average Bonchev–Trinajstić information content (AvgIpc) is 2.84. The van der Waals surface area contributed by atoms with Gasteiger partial charge in [-0.3, -0.25) is 4.79 Å². The molecule has 0 bridgehead atoms. The van der Waals surface area contributed by atoms with Crippen LogP contribution >= 0.6 is 11.8 Å². The lowest BCUT2D eigenvalue weighted by atomic mass is 10.3. The smallest absolute Gasteiger partial charge is 0.238 e. The monoisotopic (exact) mass is 193 g/mol. The molecule has 1 saturated heterocycles. The van der Waals surface area contributed by atoms with Crippen LogP contribution in [0.25, 0.3) is 0 Å². The molecular formula is C10H11NOS. The second-order valence-electron chi connectivity index (χ2n) is 3.12. The van der Waals surface area contributed by atoms with Gasteiger partial charge in [-0.25, -0.2) is 0 Å². The van der Waals surface area contributed by atoms with Crippen LogP contribution in [0, 0.1) is 0 Å². The number of benzene rings is 1. The van der Waals surface area contributed by atoms with Crippen LogP contribution in [0.1, 0.15) is 6.92 Å². The SMILES string of the molecule is C[C@H]1S[C@H]1C(=O)Nc1ccccc1. The zero-order chi connectivity index (χ0) is 9.26. The first-order chi connectivity index (χ1) is 6.27. The van der Waals surface area contributed by atoms with Gasteiger partial charge in [0.15, 0.2) is 0 Å². The van der Waals surface area contributed by atoms with E-state index in [9.17, 15) is 4.79 Å². The van der Waals surface area contributed by atoms with E-state index in [1.807, 2.05) is 30.3 Å². The third kappa shape index (κ3) is 2.04. The molecular weight excluding hydrogens is 182 g/mol. The van der Waals surface area contributed by atoms with E-state index in [1.54, 1.807) is 11.8 Å². The molecule has 2 rings (SSSR count). The van der Waals surface area contributed by atoms with E-state index in [1.165, 1.54) is 0 Å².